The average molecular weight is 284 g/mol. The van der Waals surface area contributed by atoms with Crippen LogP contribution in [0.4, 0.5) is 0 Å². The van der Waals surface area contributed by atoms with Crippen molar-refractivity contribution in [1.82, 2.24) is 10.2 Å². The van der Waals surface area contributed by atoms with Crippen LogP contribution in [0.3, 0.4) is 0 Å². The first-order valence-electron chi connectivity index (χ1n) is 7.62. The predicted octanol–water partition coefficient (Wildman–Crippen LogP) is 1.71. The van der Waals surface area contributed by atoms with Crippen LogP contribution in [0.1, 0.15) is 52.9 Å². The topological polar surface area (TPSA) is 58.6 Å². The van der Waals surface area contributed by atoms with Crippen LogP contribution in [0.5, 0.6) is 0 Å². The molecule has 1 fully saturated rings. The molecule has 1 heterocycles. The van der Waals surface area contributed by atoms with Crippen molar-refractivity contribution in [3.05, 3.63) is 0 Å². The number of nitrogens with zero attached hydrogens (tertiary/aromatic N) is 1. The summed E-state index contributed by atoms with van der Waals surface area (Å²) in [6, 6.07) is -0.352. The summed E-state index contributed by atoms with van der Waals surface area (Å²) in [6.45, 7) is 7.15. The highest BCUT2D eigenvalue weighted by Gasteiger charge is 2.47. The highest BCUT2D eigenvalue weighted by atomic mass is 16.5. The third kappa shape index (κ3) is 3.51. The van der Waals surface area contributed by atoms with Gasteiger partial charge in [0.15, 0.2) is 0 Å². The second-order valence-electron chi connectivity index (χ2n) is 5.63. The molecule has 0 aromatic rings. The lowest BCUT2D eigenvalue weighted by molar-refractivity contribution is -0.157. The van der Waals surface area contributed by atoms with Crippen LogP contribution in [0.25, 0.3) is 0 Å². The Kier molecular flexibility index (Phi) is 6.46. The van der Waals surface area contributed by atoms with Crippen LogP contribution in [-0.2, 0) is 14.3 Å². The minimum absolute atomic E-state index is 0.0233. The molecule has 0 saturated carbocycles. The van der Waals surface area contributed by atoms with Gasteiger partial charge in [-0.05, 0) is 32.6 Å². The molecule has 2 amide bonds. The Morgan fingerprint density at radius 3 is 2.55 bits per heavy atom. The zero-order valence-electron chi connectivity index (χ0n) is 13.2. The predicted molar refractivity (Wildman–Crippen MR) is 78.4 cm³/mol. The molecule has 116 valence electrons. The fraction of sp³-hybridized carbons (Fsp3) is 0.867. The summed E-state index contributed by atoms with van der Waals surface area (Å²) >= 11 is 0. The number of rotatable bonds is 8. The van der Waals surface area contributed by atoms with Crippen molar-refractivity contribution in [3.8, 4) is 0 Å². The summed E-state index contributed by atoms with van der Waals surface area (Å²) in [5.74, 6) is 0.0398. The lowest BCUT2D eigenvalue weighted by atomic mass is 9.89. The second kappa shape index (κ2) is 7.62. The molecule has 1 aliphatic heterocycles. The van der Waals surface area contributed by atoms with Gasteiger partial charge in [0, 0.05) is 20.3 Å². The standard InChI is InChI=1S/C15H28N2O3/c1-5-9-12-13(18)17(10-7-8-11-20-4)15(3,6-2)14(19)16-12/h12H,5-11H2,1-4H3,(H,16,19). The SMILES string of the molecule is CCCC1NC(=O)C(C)(CC)N(CCCCOC)C1=O. The first kappa shape index (κ1) is 17.0. The average Bonchev–Trinajstić information content (AvgIpc) is 2.44. The van der Waals surface area contributed by atoms with Crippen LogP contribution in [-0.4, -0.2) is 48.6 Å². The quantitative estimate of drug-likeness (QED) is 0.690. The van der Waals surface area contributed by atoms with Crippen molar-refractivity contribution >= 4 is 11.8 Å². The van der Waals surface area contributed by atoms with Gasteiger partial charge >= 0.3 is 0 Å². The fourth-order valence-electron chi connectivity index (χ4n) is 2.64. The van der Waals surface area contributed by atoms with Crippen molar-refractivity contribution in [3.63, 3.8) is 0 Å². The van der Waals surface area contributed by atoms with Gasteiger partial charge in [0.2, 0.25) is 11.8 Å². The number of carbonyl (C=O) groups is 2. The summed E-state index contributed by atoms with van der Waals surface area (Å²) < 4.78 is 5.03. The van der Waals surface area contributed by atoms with Gasteiger partial charge in [0.1, 0.15) is 11.6 Å². The monoisotopic (exact) mass is 284 g/mol. The molecule has 20 heavy (non-hydrogen) atoms. The van der Waals surface area contributed by atoms with E-state index in [1.165, 1.54) is 0 Å². The van der Waals surface area contributed by atoms with Crippen LogP contribution in [0.2, 0.25) is 0 Å². The Labute approximate surface area is 122 Å². The zero-order valence-corrected chi connectivity index (χ0v) is 13.2. The minimum atomic E-state index is -0.714. The lowest BCUT2D eigenvalue weighted by Gasteiger charge is -2.46. The molecule has 1 N–H and O–H groups in total. The smallest absolute Gasteiger partial charge is 0.246 e. The van der Waals surface area contributed by atoms with Gasteiger partial charge in [-0.25, -0.2) is 0 Å². The molecule has 0 bridgehead atoms. The van der Waals surface area contributed by atoms with Crippen molar-refractivity contribution in [2.75, 3.05) is 20.3 Å². The van der Waals surface area contributed by atoms with Gasteiger partial charge in [0.05, 0.1) is 0 Å². The molecule has 0 aromatic carbocycles. The number of hydrogen-bond acceptors (Lipinski definition) is 3. The molecule has 0 radical (unpaired) electrons. The number of nitrogens with one attached hydrogen (secondary N) is 1. The molecule has 2 atom stereocenters. The third-order valence-corrected chi connectivity index (χ3v) is 4.20. The number of ether oxygens (including phenoxy) is 1. The Bertz CT molecular complexity index is 346. The van der Waals surface area contributed by atoms with Gasteiger partial charge in [-0.1, -0.05) is 20.3 Å². The van der Waals surface area contributed by atoms with E-state index >= 15 is 0 Å². The molecular formula is C15H28N2O3. The van der Waals surface area contributed by atoms with Crippen molar-refractivity contribution in [1.29, 1.82) is 0 Å². The maximum atomic E-state index is 12.6. The number of amides is 2. The largest absolute Gasteiger partial charge is 0.385 e. The highest BCUT2D eigenvalue weighted by molar-refractivity contribution is 5.99. The Morgan fingerprint density at radius 2 is 2.00 bits per heavy atom. The molecule has 0 aliphatic carbocycles. The molecule has 1 saturated heterocycles. The summed E-state index contributed by atoms with van der Waals surface area (Å²) in [7, 11) is 1.67. The normalized spacial score (nSPS) is 26.8. The lowest BCUT2D eigenvalue weighted by Crippen LogP contribution is -2.69. The summed E-state index contributed by atoms with van der Waals surface area (Å²) in [6.07, 6.45) is 3.99. The van der Waals surface area contributed by atoms with Gasteiger partial charge in [-0.15, -0.1) is 0 Å². The highest BCUT2D eigenvalue weighted by Crippen LogP contribution is 2.26. The van der Waals surface area contributed by atoms with E-state index in [2.05, 4.69) is 5.32 Å². The molecule has 1 rings (SSSR count). The van der Waals surface area contributed by atoms with Crippen LogP contribution in [0.15, 0.2) is 0 Å². The molecule has 0 spiro atoms. The molecule has 5 nitrogen and oxygen atoms in total. The van der Waals surface area contributed by atoms with Crippen LogP contribution in [0, 0.1) is 0 Å². The first-order chi connectivity index (χ1) is 9.51. The van der Waals surface area contributed by atoms with E-state index in [1.807, 2.05) is 20.8 Å². The van der Waals surface area contributed by atoms with Gasteiger partial charge < -0.3 is 15.0 Å². The number of piperazine rings is 1. The number of hydrogen-bond donors (Lipinski definition) is 1. The van der Waals surface area contributed by atoms with E-state index in [-0.39, 0.29) is 17.9 Å². The first-order valence-corrected chi connectivity index (χ1v) is 7.62. The Balaban J connectivity index is 2.79. The van der Waals surface area contributed by atoms with Crippen LogP contribution < -0.4 is 5.32 Å². The molecular weight excluding hydrogens is 256 g/mol. The summed E-state index contributed by atoms with van der Waals surface area (Å²) in [4.78, 5) is 26.7. The molecule has 5 heteroatoms. The summed E-state index contributed by atoms with van der Waals surface area (Å²) in [5.41, 5.74) is -0.714. The van der Waals surface area contributed by atoms with Crippen molar-refractivity contribution < 1.29 is 14.3 Å². The number of carbonyl (C=O) groups excluding carboxylic acids is 2. The number of methoxy groups -OCH3 is 1. The van der Waals surface area contributed by atoms with Crippen molar-refractivity contribution in [2.45, 2.75) is 64.5 Å². The van der Waals surface area contributed by atoms with E-state index in [4.69, 9.17) is 4.74 Å². The van der Waals surface area contributed by atoms with Crippen molar-refractivity contribution in [2.24, 2.45) is 0 Å². The number of unbranched alkanes of at least 4 members (excludes halogenated alkanes) is 1. The van der Waals surface area contributed by atoms with E-state index in [1.54, 1.807) is 12.0 Å². The van der Waals surface area contributed by atoms with Gasteiger partial charge in [-0.2, -0.15) is 0 Å². The van der Waals surface area contributed by atoms with Gasteiger partial charge in [-0.3, -0.25) is 9.59 Å². The second-order valence-corrected chi connectivity index (χ2v) is 5.63. The van der Waals surface area contributed by atoms with E-state index in [9.17, 15) is 9.59 Å². The van der Waals surface area contributed by atoms with E-state index in [0.29, 0.717) is 26.0 Å². The van der Waals surface area contributed by atoms with E-state index < -0.39 is 5.54 Å². The Hall–Kier alpha value is -1.10. The molecule has 1 aliphatic rings. The minimum Gasteiger partial charge on any atom is -0.385 e. The Morgan fingerprint density at radius 1 is 1.30 bits per heavy atom. The maximum Gasteiger partial charge on any atom is 0.246 e. The fourth-order valence-corrected chi connectivity index (χ4v) is 2.64. The zero-order chi connectivity index (χ0) is 15.2. The third-order valence-electron chi connectivity index (χ3n) is 4.20. The molecule has 2 unspecified atom stereocenters. The maximum absolute atomic E-state index is 12.6. The van der Waals surface area contributed by atoms with E-state index in [0.717, 1.165) is 19.3 Å². The van der Waals surface area contributed by atoms with Crippen LogP contribution >= 0.6 is 0 Å². The summed E-state index contributed by atoms with van der Waals surface area (Å²) in [5, 5.41) is 2.89. The van der Waals surface area contributed by atoms with Gasteiger partial charge in [0.25, 0.3) is 0 Å². The molecule has 0 aromatic heterocycles.